The fourth-order valence-electron chi connectivity index (χ4n) is 4.18. The van der Waals surface area contributed by atoms with E-state index in [0.717, 1.165) is 18.8 Å². The summed E-state index contributed by atoms with van der Waals surface area (Å²) in [6, 6.07) is 0.237. The second-order valence-electron chi connectivity index (χ2n) is 6.38. The van der Waals surface area contributed by atoms with Crippen molar-refractivity contribution in [1.82, 2.24) is 4.72 Å². The van der Waals surface area contributed by atoms with Gasteiger partial charge in [0.05, 0.1) is 12.3 Å². The quantitative estimate of drug-likeness (QED) is 0.636. The van der Waals surface area contributed by atoms with Gasteiger partial charge >= 0.3 is 5.97 Å². The van der Waals surface area contributed by atoms with E-state index in [2.05, 4.69) is 24.3 Å². The number of nitrogens with one attached hydrogen (secondary N) is 1. The fourth-order valence-corrected chi connectivity index (χ4v) is 6.42. The molecule has 2 bridgehead atoms. The molecule has 19 heavy (non-hydrogen) atoms. The molecule has 0 aromatic rings. The van der Waals surface area contributed by atoms with Crippen molar-refractivity contribution >= 4 is 16.0 Å². The molecule has 4 N–H and O–H groups in total. The molecular formula is C12H22N2O4S. The number of aliphatic carboxylic acids is 1. The third-order valence-electron chi connectivity index (χ3n) is 5.37. The number of hydrogen-bond acceptors (Lipinski definition) is 4. The van der Waals surface area contributed by atoms with Crippen LogP contribution in [-0.2, 0) is 14.8 Å². The van der Waals surface area contributed by atoms with Gasteiger partial charge < -0.3 is 10.8 Å². The van der Waals surface area contributed by atoms with Gasteiger partial charge in [-0.25, -0.2) is 13.1 Å². The molecule has 3 rings (SSSR count). The highest BCUT2D eigenvalue weighted by Gasteiger charge is 2.68. The third kappa shape index (κ3) is 2.17. The summed E-state index contributed by atoms with van der Waals surface area (Å²) in [5, 5.41) is 7.60. The van der Waals surface area contributed by atoms with Crippen molar-refractivity contribution in [3.8, 4) is 0 Å². The summed E-state index contributed by atoms with van der Waals surface area (Å²) >= 11 is 0. The van der Waals surface area contributed by atoms with Crippen LogP contribution in [-0.4, -0.2) is 37.8 Å². The Labute approximate surface area is 113 Å². The summed E-state index contributed by atoms with van der Waals surface area (Å²) in [5.41, 5.74) is 4.84. The molecule has 1 heterocycles. The Hall–Kier alpha value is -0.660. The molecule has 1 aliphatic heterocycles. The molecule has 3 aliphatic rings. The Morgan fingerprint density at radius 2 is 2.05 bits per heavy atom. The highest BCUT2D eigenvalue weighted by atomic mass is 32.2. The largest absolute Gasteiger partial charge is 0.480 e. The Bertz CT molecular complexity index is 488. The number of carboxylic acid groups (broad SMARTS) is 1. The lowest BCUT2D eigenvalue weighted by Crippen LogP contribution is -2.39. The Morgan fingerprint density at radius 3 is 2.47 bits per heavy atom. The predicted molar refractivity (Wildman–Crippen MR) is 71.0 cm³/mol. The van der Waals surface area contributed by atoms with E-state index in [9.17, 15) is 13.2 Å². The molecule has 0 aromatic heterocycles. The molecule has 2 unspecified atom stereocenters. The Morgan fingerprint density at radius 1 is 1.47 bits per heavy atom. The maximum absolute atomic E-state index is 11.6. The predicted octanol–water partition coefficient (Wildman–Crippen LogP) is 0.144. The van der Waals surface area contributed by atoms with Gasteiger partial charge in [-0.1, -0.05) is 13.8 Å². The number of carboxylic acids is 1. The molecule has 7 heteroatoms. The molecule has 2 saturated carbocycles. The molecule has 1 spiro atoms. The molecule has 1 saturated heterocycles. The van der Waals surface area contributed by atoms with Crippen molar-refractivity contribution in [2.75, 3.05) is 12.3 Å². The number of nitrogens with two attached hydrogens (primary N) is 1. The van der Waals surface area contributed by atoms with Crippen LogP contribution in [0.1, 0.15) is 33.1 Å². The lowest BCUT2D eigenvalue weighted by atomic mass is 9.69. The van der Waals surface area contributed by atoms with E-state index >= 15 is 0 Å². The second-order valence-corrected chi connectivity index (χ2v) is 8.13. The van der Waals surface area contributed by atoms with E-state index in [1.54, 1.807) is 0 Å². The number of sulfonamides is 1. The van der Waals surface area contributed by atoms with Crippen molar-refractivity contribution in [3.63, 3.8) is 0 Å². The summed E-state index contributed by atoms with van der Waals surface area (Å²) in [4.78, 5) is 9.24. The average molecular weight is 290 g/mol. The zero-order valence-electron chi connectivity index (χ0n) is 11.3. The van der Waals surface area contributed by atoms with Crippen LogP contribution < -0.4 is 10.5 Å². The van der Waals surface area contributed by atoms with Crippen LogP contribution in [0.2, 0.25) is 0 Å². The van der Waals surface area contributed by atoms with E-state index in [0.29, 0.717) is 5.75 Å². The fraction of sp³-hybridized carbons (Fsp3) is 0.917. The summed E-state index contributed by atoms with van der Waals surface area (Å²) < 4.78 is 26.0. The molecule has 2 aliphatic carbocycles. The monoisotopic (exact) mass is 290 g/mol. The molecule has 0 amide bonds. The first kappa shape index (κ1) is 14.7. The molecule has 110 valence electrons. The van der Waals surface area contributed by atoms with E-state index in [1.807, 2.05) is 0 Å². The smallest absolute Gasteiger partial charge is 0.317 e. The van der Waals surface area contributed by atoms with Gasteiger partial charge in [0.1, 0.15) is 0 Å². The summed E-state index contributed by atoms with van der Waals surface area (Å²) in [5.74, 6) is 0.134. The topological polar surface area (TPSA) is 109 Å². The van der Waals surface area contributed by atoms with Crippen molar-refractivity contribution in [3.05, 3.63) is 0 Å². The van der Waals surface area contributed by atoms with Crippen LogP contribution in [0, 0.1) is 16.7 Å². The van der Waals surface area contributed by atoms with Gasteiger partial charge in [-0.15, -0.1) is 0 Å². The maximum Gasteiger partial charge on any atom is 0.317 e. The van der Waals surface area contributed by atoms with Crippen LogP contribution in [0.3, 0.4) is 0 Å². The van der Waals surface area contributed by atoms with Gasteiger partial charge in [0.2, 0.25) is 10.0 Å². The lowest BCUT2D eigenvalue weighted by molar-refractivity contribution is -0.135. The van der Waals surface area contributed by atoms with Crippen molar-refractivity contribution in [2.24, 2.45) is 22.5 Å². The van der Waals surface area contributed by atoms with Gasteiger partial charge in [-0.05, 0) is 30.6 Å². The first-order valence-corrected chi connectivity index (χ1v) is 8.22. The van der Waals surface area contributed by atoms with Crippen molar-refractivity contribution in [2.45, 2.75) is 39.2 Å². The first-order chi connectivity index (χ1) is 8.64. The van der Waals surface area contributed by atoms with Gasteiger partial charge in [-0.2, -0.15) is 0 Å². The summed E-state index contributed by atoms with van der Waals surface area (Å²) in [6.45, 7) is 4.24. The molecule has 3 atom stereocenters. The number of carbonyl (C=O) groups is 1. The minimum Gasteiger partial charge on any atom is -0.480 e. The van der Waals surface area contributed by atoms with Gasteiger partial charge in [0.15, 0.2) is 0 Å². The van der Waals surface area contributed by atoms with E-state index in [4.69, 9.17) is 5.11 Å². The van der Waals surface area contributed by atoms with E-state index in [-0.39, 0.29) is 23.4 Å². The van der Waals surface area contributed by atoms with E-state index in [1.165, 1.54) is 6.42 Å². The number of fused-ring (bicyclic) bond motifs is 1. The van der Waals surface area contributed by atoms with Crippen LogP contribution in [0.4, 0.5) is 0 Å². The highest BCUT2D eigenvalue weighted by molar-refractivity contribution is 7.89. The molecule has 3 fully saturated rings. The molecule has 0 aromatic carbocycles. The van der Waals surface area contributed by atoms with Crippen molar-refractivity contribution in [1.29, 1.82) is 0 Å². The summed E-state index contributed by atoms with van der Waals surface area (Å²) in [6.07, 6.45) is 3.38. The molecule has 6 nitrogen and oxygen atoms in total. The van der Waals surface area contributed by atoms with Crippen LogP contribution in [0.15, 0.2) is 0 Å². The minimum atomic E-state index is -2.97. The summed E-state index contributed by atoms with van der Waals surface area (Å²) in [7, 11) is -2.97. The average Bonchev–Trinajstić information content (AvgIpc) is 2.77. The zero-order chi connectivity index (χ0) is 14.5. The van der Waals surface area contributed by atoms with Crippen molar-refractivity contribution < 1.29 is 18.3 Å². The second kappa shape index (κ2) is 4.43. The van der Waals surface area contributed by atoms with Gasteiger partial charge in [-0.3, -0.25) is 4.79 Å². The van der Waals surface area contributed by atoms with Crippen LogP contribution in [0.5, 0.6) is 0 Å². The molecular weight excluding hydrogens is 268 g/mol. The first-order valence-electron chi connectivity index (χ1n) is 6.56. The Balaban J connectivity index is 0.000000232. The van der Waals surface area contributed by atoms with E-state index < -0.39 is 16.0 Å². The lowest BCUT2D eigenvalue weighted by Gasteiger charge is -2.36. The SMILES string of the molecule is CC1(C)C2CCC13CS(=O)(=O)N[C@H]3C2.NCC(=O)O. The Kier molecular flexibility index (Phi) is 3.43. The van der Waals surface area contributed by atoms with Gasteiger partial charge in [0.25, 0.3) is 0 Å². The van der Waals surface area contributed by atoms with Crippen LogP contribution in [0.25, 0.3) is 0 Å². The zero-order valence-corrected chi connectivity index (χ0v) is 12.2. The molecule has 0 radical (unpaired) electrons. The highest BCUT2D eigenvalue weighted by Crippen LogP contribution is 2.67. The standard InChI is InChI=1S/C10H17NO2S.C2H5NO2/c1-9(2)7-3-4-10(9)6-14(12,13)11-8(10)5-7;3-1-2(4)5/h7-8,11H,3-6H2,1-2H3;1,3H2,(H,4,5)/t7?,8-,10?;/m0./s1. The van der Waals surface area contributed by atoms with Gasteiger partial charge in [0, 0.05) is 11.5 Å². The maximum atomic E-state index is 11.6. The number of rotatable bonds is 1. The van der Waals surface area contributed by atoms with Crippen LogP contribution >= 0.6 is 0 Å². The minimum absolute atomic E-state index is 0.0521. The number of hydrogen-bond donors (Lipinski definition) is 3. The normalized spacial score (nSPS) is 40.4. The third-order valence-corrected chi connectivity index (χ3v) is 6.91.